The summed E-state index contributed by atoms with van der Waals surface area (Å²) in [5, 5.41) is 3.30. The van der Waals surface area contributed by atoms with Crippen LogP contribution >= 0.6 is 11.6 Å². The maximum absolute atomic E-state index is 13.1. The van der Waals surface area contributed by atoms with Gasteiger partial charge >= 0.3 is 6.03 Å². The first-order valence-electron chi connectivity index (χ1n) is 11.7. The number of nitrogens with zero attached hydrogens (tertiary/aromatic N) is 3. The molecule has 0 bridgehead atoms. The van der Waals surface area contributed by atoms with E-state index >= 15 is 0 Å². The molecular formula is C26H35ClN4O2. The lowest BCUT2D eigenvalue weighted by molar-refractivity contribution is 0.0696. The predicted molar refractivity (Wildman–Crippen MR) is 135 cm³/mol. The van der Waals surface area contributed by atoms with E-state index in [1.165, 1.54) is 6.42 Å². The average molecular weight is 471 g/mol. The van der Waals surface area contributed by atoms with Crippen molar-refractivity contribution < 1.29 is 9.59 Å². The topological polar surface area (TPSA) is 55.9 Å². The van der Waals surface area contributed by atoms with Crippen molar-refractivity contribution in [3.05, 3.63) is 64.7 Å². The number of halogens is 1. The Balaban J connectivity index is 1.68. The van der Waals surface area contributed by atoms with Gasteiger partial charge in [-0.25, -0.2) is 4.79 Å². The molecule has 0 atom stereocenters. The minimum Gasteiger partial charge on any atom is -0.339 e. The van der Waals surface area contributed by atoms with Gasteiger partial charge in [-0.1, -0.05) is 61.2 Å². The number of amides is 3. The Morgan fingerprint density at radius 2 is 1.67 bits per heavy atom. The van der Waals surface area contributed by atoms with Gasteiger partial charge in [0.1, 0.15) is 0 Å². The van der Waals surface area contributed by atoms with E-state index in [4.69, 9.17) is 11.6 Å². The lowest BCUT2D eigenvalue weighted by atomic mass is 9.94. The first-order chi connectivity index (χ1) is 15.8. The molecule has 1 aliphatic carbocycles. The second kappa shape index (κ2) is 12.1. The SMILES string of the molecule is CN(C)CCN(Cc1ccccc1)C(=O)Nc1ccc(C(=O)N(C)C2CCCCC2)c(Cl)c1. The Kier molecular flexibility index (Phi) is 9.15. The molecule has 1 saturated carbocycles. The van der Waals surface area contributed by atoms with Gasteiger partial charge in [-0.3, -0.25) is 4.79 Å². The fraction of sp³-hybridized carbons (Fsp3) is 0.462. The highest BCUT2D eigenvalue weighted by molar-refractivity contribution is 6.34. The van der Waals surface area contributed by atoms with E-state index in [0.29, 0.717) is 29.4 Å². The first kappa shape index (κ1) is 25.1. The van der Waals surface area contributed by atoms with Gasteiger partial charge < -0.3 is 20.0 Å². The van der Waals surface area contributed by atoms with Crippen LogP contribution < -0.4 is 5.32 Å². The number of benzene rings is 2. The van der Waals surface area contributed by atoms with E-state index in [1.807, 2.05) is 61.3 Å². The van der Waals surface area contributed by atoms with Crippen LogP contribution in [-0.2, 0) is 6.54 Å². The predicted octanol–water partition coefficient (Wildman–Crippen LogP) is 5.34. The van der Waals surface area contributed by atoms with Crippen molar-refractivity contribution in [3.63, 3.8) is 0 Å². The summed E-state index contributed by atoms with van der Waals surface area (Å²) in [6.45, 7) is 1.85. The molecule has 0 unspecified atom stereocenters. The number of urea groups is 1. The van der Waals surface area contributed by atoms with E-state index in [2.05, 4.69) is 5.32 Å². The highest BCUT2D eigenvalue weighted by Gasteiger charge is 2.24. The van der Waals surface area contributed by atoms with Gasteiger partial charge in [-0.15, -0.1) is 0 Å². The maximum atomic E-state index is 13.1. The molecule has 1 aliphatic rings. The molecule has 178 valence electrons. The molecule has 3 rings (SSSR count). The Bertz CT molecular complexity index is 929. The summed E-state index contributed by atoms with van der Waals surface area (Å²) in [6.07, 6.45) is 5.64. The first-order valence-corrected chi connectivity index (χ1v) is 12.0. The fourth-order valence-electron chi connectivity index (χ4n) is 4.17. The van der Waals surface area contributed by atoms with E-state index in [0.717, 1.165) is 37.8 Å². The second-order valence-electron chi connectivity index (χ2n) is 9.04. The van der Waals surface area contributed by atoms with Crippen LogP contribution in [0, 0.1) is 0 Å². The Morgan fingerprint density at radius 1 is 0.970 bits per heavy atom. The standard InChI is InChI=1S/C26H35ClN4O2/c1-29(2)16-17-31(19-20-10-6-4-7-11-20)26(33)28-21-14-15-23(24(27)18-21)25(32)30(3)22-12-8-5-9-13-22/h4,6-7,10-11,14-15,18,22H,5,8-9,12-13,16-17,19H2,1-3H3,(H,28,33). The molecule has 0 radical (unpaired) electrons. The molecule has 1 N–H and O–H groups in total. The molecule has 0 spiro atoms. The highest BCUT2D eigenvalue weighted by atomic mass is 35.5. The number of likely N-dealkylation sites (N-methyl/N-ethyl adjacent to an activating group) is 1. The van der Waals surface area contributed by atoms with Crippen molar-refractivity contribution in [2.45, 2.75) is 44.7 Å². The Hall–Kier alpha value is -2.57. The van der Waals surface area contributed by atoms with Crippen molar-refractivity contribution in [2.24, 2.45) is 0 Å². The van der Waals surface area contributed by atoms with Gasteiger partial charge in [0.15, 0.2) is 0 Å². The second-order valence-corrected chi connectivity index (χ2v) is 9.45. The lowest BCUT2D eigenvalue weighted by Gasteiger charge is -2.31. The molecule has 7 heteroatoms. The van der Waals surface area contributed by atoms with Gasteiger partial charge in [0.2, 0.25) is 0 Å². The molecule has 0 heterocycles. The normalized spacial score (nSPS) is 14.2. The minimum atomic E-state index is -0.199. The fourth-order valence-corrected chi connectivity index (χ4v) is 4.43. The summed E-state index contributed by atoms with van der Waals surface area (Å²) in [7, 11) is 5.83. The highest BCUT2D eigenvalue weighted by Crippen LogP contribution is 2.27. The number of anilines is 1. The van der Waals surface area contributed by atoms with Gasteiger partial charge in [0.05, 0.1) is 10.6 Å². The van der Waals surface area contributed by atoms with Crippen LogP contribution in [0.2, 0.25) is 5.02 Å². The van der Waals surface area contributed by atoms with Gasteiger partial charge in [0, 0.05) is 38.4 Å². The number of hydrogen-bond donors (Lipinski definition) is 1. The third kappa shape index (κ3) is 7.21. The van der Waals surface area contributed by atoms with Crippen LogP contribution in [0.3, 0.4) is 0 Å². The quantitative estimate of drug-likeness (QED) is 0.566. The molecule has 3 amide bonds. The molecule has 2 aromatic rings. The van der Waals surface area contributed by atoms with E-state index < -0.39 is 0 Å². The summed E-state index contributed by atoms with van der Waals surface area (Å²) in [5.41, 5.74) is 2.11. The average Bonchev–Trinajstić information content (AvgIpc) is 2.82. The van der Waals surface area contributed by atoms with Gasteiger partial charge in [0.25, 0.3) is 5.91 Å². The summed E-state index contributed by atoms with van der Waals surface area (Å²) in [4.78, 5) is 31.7. The zero-order valence-corrected chi connectivity index (χ0v) is 20.6. The molecule has 0 saturated heterocycles. The minimum absolute atomic E-state index is 0.0681. The lowest BCUT2D eigenvalue weighted by Crippen LogP contribution is -2.39. The van der Waals surface area contributed by atoms with Crippen molar-refractivity contribution >= 4 is 29.2 Å². The number of carbonyl (C=O) groups excluding carboxylic acids is 2. The van der Waals surface area contributed by atoms with Crippen molar-refractivity contribution in [3.8, 4) is 0 Å². The van der Waals surface area contributed by atoms with E-state index in [-0.39, 0.29) is 18.0 Å². The number of carbonyl (C=O) groups is 2. The molecule has 6 nitrogen and oxygen atoms in total. The molecule has 1 fully saturated rings. The smallest absolute Gasteiger partial charge is 0.322 e. The third-order valence-corrected chi connectivity index (χ3v) is 6.53. The van der Waals surface area contributed by atoms with E-state index in [9.17, 15) is 9.59 Å². The number of hydrogen-bond acceptors (Lipinski definition) is 3. The number of nitrogens with one attached hydrogen (secondary N) is 1. The van der Waals surface area contributed by atoms with Crippen LogP contribution in [0.1, 0.15) is 48.0 Å². The summed E-state index contributed by atoms with van der Waals surface area (Å²) < 4.78 is 0. The molecule has 33 heavy (non-hydrogen) atoms. The Morgan fingerprint density at radius 3 is 2.30 bits per heavy atom. The van der Waals surface area contributed by atoms with Crippen LogP contribution in [0.4, 0.5) is 10.5 Å². The summed E-state index contributed by atoms with van der Waals surface area (Å²) in [6, 6.07) is 15.1. The monoisotopic (exact) mass is 470 g/mol. The van der Waals surface area contributed by atoms with Crippen LogP contribution in [0.5, 0.6) is 0 Å². The molecular weight excluding hydrogens is 436 g/mol. The van der Waals surface area contributed by atoms with Gasteiger partial charge in [-0.05, 0) is 50.7 Å². The van der Waals surface area contributed by atoms with Gasteiger partial charge in [-0.2, -0.15) is 0 Å². The largest absolute Gasteiger partial charge is 0.339 e. The van der Waals surface area contributed by atoms with E-state index in [1.54, 1.807) is 23.1 Å². The Labute approximate surface area is 202 Å². The van der Waals surface area contributed by atoms with Crippen molar-refractivity contribution in [1.82, 2.24) is 14.7 Å². The van der Waals surface area contributed by atoms with Crippen LogP contribution in [0.15, 0.2) is 48.5 Å². The van der Waals surface area contributed by atoms with Crippen LogP contribution in [-0.4, -0.2) is 66.9 Å². The summed E-state index contributed by atoms with van der Waals surface area (Å²) >= 11 is 6.48. The van der Waals surface area contributed by atoms with Crippen molar-refractivity contribution in [1.29, 1.82) is 0 Å². The van der Waals surface area contributed by atoms with Crippen molar-refractivity contribution in [2.75, 3.05) is 39.5 Å². The summed E-state index contributed by atoms with van der Waals surface area (Å²) in [5.74, 6) is -0.0681. The molecule has 0 aromatic heterocycles. The number of rotatable bonds is 8. The third-order valence-electron chi connectivity index (χ3n) is 6.21. The molecule has 0 aliphatic heterocycles. The zero-order chi connectivity index (χ0) is 23.8. The maximum Gasteiger partial charge on any atom is 0.322 e. The van der Waals surface area contributed by atoms with Crippen LogP contribution in [0.25, 0.3) is 0 Å². The zero-order valence-electron chi connectivity index (χ0n) is 19.9. The molecule has 2 aromatic carbocycles.